The van der Waals surface area contributed by atoms with Gasteiger partial charge in [-0.05, 0) is 73.2 Å². The highest BCUT2D eigenvalue weighted by molar-refractivity contribution is 5.82. The lowest BCUT2D eigenvalue weighted by Gasteiger charge is -2.56. The van der Waals surface area contributed by atoms with Crippen molar-refractivity contribution in [3.8, 4) is 0 Å². The normalized spacial score (nSPS) is 32.9. The lowest BCUT2D eigenvalue weighted by Crippen LogP contribution is -2.50. The number of benzene rings is 1. The van der Waals surface area contributed by atoms with E-state index in [9.17, 15) is 9.59 Å². The zero-order chi connectivity index (χ0) is 18.1. The Labute approximate surface area is 156 Å². The van der Waals surface area contributed by atoms with Crippen molar-refractivity contribution >= 4 is 11.8 Å². The summed E-state index contributed by atoms with van der Waals surface area (Å²) in [5.74, 6) is 2.52. The van der Waals surface area contributed by atoms with E-state index in [1.807, 2.05) is 37.3 Å². The predicted octanol–water partition coefficient (Wildman–Crippen LogP) is 3.93. The molecule has 140 valence electrons. The van der Waals surface area contributed by atoms with E-state index < -0.39 is 0 Å². The minimum absolute atomic E-state index is 0.0207. The molecule has 0 saturated heterocycles. The number of carbonyl (C=O) groups is 2. The van der Waals surface area contributed by atoms with E-state index in [1.165, 1.54) is 38.5 Å². The fourth-order valence-corrected chi connectivity index (χ4v) is 6.26. The maximum absolute atomic E-state index is 12.5. The van der Waals surface area contributed by atoms with Gasteiger partial charge in [0.25, 0.3) is 0 Å². The summed E-state index contributed by atoms with van der Waals surface area (Å²) in [7, 11) is 0. The van der Waals surface area contributed by atoms with Gasteiger partial charge in [-0.15, -0.1) is 0 Å². The van der Waals surface area contributed by atoms with Crippen molar-refractivity contribution in [2.75, 3.05) is 0 Å². The summed E-state index contributed by atoms with van der Waals surface area (Å²) in [6.45, 7) is 2.03. The van der Waals surface area contributed by atoms with Crippen molar-refractivity contribution in [3.05, 3.63) is 35.9 Å². The van der Waals surface area contributed by atoms with Gasteiger partial charge in [-0.25, -0.2) is 0 Å². The van der Waals surface area contributed by atoms with Crippen molar-refractivity contribution in [1.29, 1.82) is 0 Å². The molecule has 0 aliphatic heterocycles. The minimum Gasteiger partial charge on any atom is -0.273 e. The van der Waals surface area contributed by atoms with Crippen LogP contribution in [0.3, 0.4) is 0 Å². The smallest absolute Gasteiger partial charge is 0.238 e. The van der Waals surface area contributed by atoms with Crippen LogP contribution in [0.25, 0.3) is 0 Å². The van der Waals surface area contributed by atoms with Crippen LogP contribution in [-0.4, -0.2) is 11.8 Å². The quantitative estimate of drug-likeness (QED) is 0.787. The van der Waals surface area contributed by atoms with E-state index in [1.54, 1.807) is 0 Å². The first-order valence-corrected chi connectivity index (χ1v) is 10.1. The molecular weight excluding hydrogens is 324 g/mol. The van der Waals surface area contributed by atoms with Crippen LogP contribution < -0.4 is 10.9 Å². The molecule has 1 atom stereocenters. The molecule has 1 aromatic rings. The van der Waals surface area contributed by atoms with Crippen molar-refractivity contribution in [2.24, 2.45) is 23.2 Å². The standard InChI is InChI=1S/C22H30N2O2/c1-15(19-5-3-2-4-6-19)7-20(25)23-24-21(26)14-22-11-16-8-17(12-22)10-18(9-16)13-22/h2-6,15-18H,7-14H2,1H3,(H,23,25)(H,24,26)/t15-,16?,17?,18?,22?/m1/s1. The summed E-state index contributed by atoms with van der Waals surface area (Å²) >= 11 is 0. The third kappa shape index (κ3) is 3.79. The van der Waals surface area contributed by atoms with Crippen LogP contribution in [0.4, 0.5) is 0 Å². The van der Waals surface area contributed by atoms with Crippen molar-refractivity contribution in [3.63, 3.8) is 0 Å². The fourth-order valence-electron chi connectivity index (χ4n) is 6.26. The Bertz CT molecular complexity index is 635. The monoisotopic (exact) mass is 354 g/mol. The van der Waals surface area contributed by atoms with Crippen LogP contribution in [0, 0.1) is 23.2 Å². The summed E-state index contributed by atoms with van der Waals surface area (Å²) in [5, 5.41) is 0. The molecule has 4 aliphatic rings. The molecule has 2 amide bonds. The highest BCUT2D eigenvalue weighted by atomic mass is 16.2. The lowest BCUT2D eigenvalue weighted by molar-refractivity contribution is -0.134. The van der Waals surface area contributed by atoms with E-state index in [0.29, 0.717) is 12.8 Å². The minimum atomic E-state index is -0.125. The average molecular weight is 354 g/mol. The summed E-state index contributed by atoms with van der Waals surface area (Å²) < 4.78 is 0. The molecule has 5 rings (SSSR count). The van der Waals surface area contributed by atoms with Crippen molar-refractivity contribution in [1.82, 2.24) is 10.9 Å². The molecule has 4 saturated carbocycles. The Balaban J connectivity index is 1.25. The second-order valence-corrected chi connectivity index (χ2v) is 9.21. The number of amides is 2. The Kier molecular flexibility index (Phi) is 4.76. The molecule has 0 unspecified atom stereocenters. The molecule has 26 heavy (non-hydrogen) atoms. The van der Waals surface area contributed by atoms with E-state index in [2.05, 4.69) is 10.9 Å². The second-order valence-electron chi connectivity index (χ2n) is 9.21. The van der Waals surface area contributed by atoms with Gasteiger partial charge in [-0.2, -0.15) is 0 Å². The number of hydrazine groups is 1. The molecule has 1 aromatic carbocycles. The number of hydrogen-bond donors (Lipinski definition) is 2. The number of rotatable bonds is 5. The van der Waals surface area contributed by atoms with Crippen LogP contribution in [0.1, 0.15) is 69.8 Å². The van der Waals surface area contributed by atoms with Gasteiger partial charge in [0.2, 0.25) is 11.8 Å². The maximum atomic E-state index is 12.5. The Morgan fingerprint density at radius 1 is 0.962 bits per heavy atom. The molecule has 2 N–H and O–H groups in total. The number of carbonyl (C=O) groups excluding carboxylic acids is 2. The SMILES string of the molecule is C[C@H](CC(=O)NNC(=O)CC12CC3CC(CC(C3)C1)C2)c1ccccc1. The average Bonchev–Trinajstić information content (AvgIpc) is 2.59. The van der Waals surface area contributed by atoms with Gasteiger partial charge in [-0.1, -0.05) is 37.3 Å². The highest BCUT2D eigenvalue weighted by Gasteiger charge is 2.51. The summed E-state index contributed by atoms with van der Waals surface area (Å²) in [4.78, 5) is 24.6. The predicted molar refractivity (Wildman–Crippen MR) is 101 cm³/mol. The van der Waals surface area contributed by atoms with Crippen LogP contribution in [0.5, 0.6) is 0 Å². The Hall–Kier alpha value is -1.84. The molecule has 0 aromatic heterocycles. The first-order chi connectivity index (χ1) is 12.5. The number of nitrogens with one attached hydrogen (secondary N) is 2. The highest BCUT2D eigenvalue weighted by Crippen LogP contribution is 2.61. The Morgan fingerprint density at radius 3 is 2.08 bits per heavy atom. The van der Waals surface area contributed by atoms with Gasteiger partial charge in [0.05, 0.1) is 0 Å². The molecule has 4 aliphatic carbocycles. The third-order valence-electron chi connectivity index (χ3n) is 6.90. The number of hydrogen-bond acceptors (Lipinski definition) is 2. The van der Waals surface area contributed by atoms with Gasteiger partial charge in [0.15, 0.2) is 0 Å². The zero-order valence-electron chi connectivity index (χ0n) is 15.7. The summed E-state index contributed by atoms with van der Waals surface area (Å²) in [6, 6.07) is 10.0. The van der Waals surface area contributed by atoms with Crippen molar-refractivity contribution < 1.29 is 9.59 Å². The Morgan fingerprint density at radius 2 is 1.50 bits per heavy atom. The van der Waals surface area contributed by atoms with Crippen LogP contribution in [0.2, 0.25) is 0 Å². The van der Waals surface area contributed by atoms with Gasteiger partial charge < -0.3 is 0 Å². The van der Waals surface area contributed by atoms with Crippen LogP contribution in [0.15, 0.2) is 30.3 Å². The fraction of sp³-hybridized carbons (Fsp3) is 0.636. The van der Waals surface area contributed by atoms with E-state index in [-0.39, 0.29) is 23.1 Å². The first-order valence-electron chi connectivity index (χ1n) is 10.1. The van der Waals surface area contributed by atoms with Gasteiger partial charge >= 0.3 is 0 Å². The van der Waals surface area contributed by atoms with Crippen LogP contribution in [-0.2, 0) is 9.59 Å². The molecule has 4 nitrogen and oxygen atoms in total. The van der Waals surface area contributed by atoms with E-state index in [4.69, 9.17) is 0 Å². The molecule has 4 fully saturated rings. The molecule has 0 heterocycles. The first kappa shape index (κ1) is 17.6. The summed E-state index contributed by atoms with van der Waals surface area (Å²) in [6.07, 6.45) is 8.74. The van der Waals surface area contributed by atoms with Crippen molar-refractivity contribution in [2.45, 2.75) is 64.2 Å². The zero-order valence-corrected chi connectivity index (χ0v) is 15.7. The molecule has 4 bridgehead atoms. The lowest BCUT2D eigenvalue weighted by atomic mass is 9.49. The molecular formula is C22H30N2O2. The van der Waals surface area contributed by atoms with Gasteiger partial charge in [0.1, 0.15) is 0 Å². The molecule has 4 heteroatoms. The third-order valence-corrected chi connectivity index (χ3v) is 6.90. The topological polar surface area (TPSA) is 58.2 Å². The van der Waals surface area contributed by atoms with Crippen LogP contribution >= 0.6 is 0 Å². The molecule has 0 spiro atoms. The van der Waals surface area contributed by atoms with E-state index >= 15 is 0 Å². The largest absolute Gasteiger partial charge is 0.273 e. The summed E-state index contributed by atoms with van der Waals surface area (Å²) in [5.41, 5.74) is 6.65. The van der Waals surface area contributed by atoms with Gasteiger partial charge in [-0.3, -0.25) is 20.4 Å². The van der Waals surface area contributed by atoms with Gasteiger partial charge in [0, 0.05) is 12.8 Å². The van der Waals surface area contributed by atoms with E-state index in [0.717, 1.165) is 23.3 Å². The molecule has 0 radical (unpaired) electrons. The second kappa shape index (κ2) is 7.05. The maximum Gasteiger partial charge on any atom is 0.238 e.